The molecule has 0 atom stereocenters. The van der Waals surface area contributed by atoms with Crippen LogP contribution >= 0.6 is 0 Å². The summed E-state index contributed by atoms with van der Waals surface area (Å²) in [5.41, 5.74) is 5.06. The summed E-state index contributed by atoms with van der Waals surface area (Å²) in [4.78, 5) is 11.1. The smallest absolute Gasteiger partial charge is 0.372 e. The minimum atomic E-state index is -4.35. The summed E-state index contributed by atoms with van der Waals surface area (Å²) in [6, 6.07) is 0. The van der Waals surface area contributed by atoms with Gasteiger partial charge in [0.1, 0.15) is 6.61 Å². The molecule has 0 saturated carbocycles. The molecular weight excluding hydrogens is 225 g/mol. The van der Waals surface area contributed by atoms with Crippen molar-refractivity contribution in [3.05, 3.63) is 0 Å². The minimum absolute atomic E-state index is 0.105. The van der Waals surface area contributed by atoms with Crippen molar-refractivity contribution >= 4 is 5.91 Å². The molecule has 0 aromatic rings. The molecular formula is C9H17F3N2O2. The minimum Gasteiger partial charge on any atom is -0.372 e. The van der Waals surface area contributed by atoms with E-state index in [0.717, 1.165) is 0 Å². The number of hydrogen-bond donors (Lipinski definition) is 2. The molecule has 0 aliphatic rings. The molecule has 0 spiro atoms. The zero-order valence-electron chi connectivity index (χ0n) is 9.36. The molecule has 4 nitrogen and oxygen atoms in total. The van der Waals surface area contributed by atoms with Gasteiger partial charge < -0.3 is 15.8 Å². The van der Waals surface area contributed by atoms with Crippen LogP contribution in [0.4, 0.5) is 13.2 Å². The van der Waals surface area contributed by atoms with Crippen molar-refractivity contribution in [3.63, 3.8) is 0 Å². The number of ether oxygens (including phenoxy) is 1. The van der Waals surface area contributed by atoms with Crippen molar-refractivity contribution in [2.45, 2.75) is 32.0 Å². The Balaban J connectivity index is 3.52. The van der Waals surface area contributed by atoms with Gasteiger partial charge >= 0.3 is 6.18 Å². The van der Waals surface area contributed by atoms with Crippen LogP contribution in [0.2, 0.25) is 0 Å². The predicted molar refractivity (Wildman–Crippen MR) is 52.8 cm³/mol. The molecule has 1 amide bonds. The van der Waals surface area contributed by atoms with E-state index in [2.05, 4.69) is 10.1 Å². The lowest BCUT2D eigenvalue weighted by Crippen LogP contribution is -2.45. The van der Waals surface area contributed by atoms with Gasteiger partial charge in [-0.2, -0.15) is 13.2 Å². The number of carbonyl (C=O) groups excluding carboxylic acids is 1. The number of nitrogens with two attached hydrogens (primary N) is 1. The molecule has 0 fully saturated rings. The highest BCUT2D eigenvalue weighted by atomic mass is 19.4. The first-order chi connectivity index (χ1) is 7.10. The van der Waals surface area contributed by atoms with Crippen LogP contribution in [0.1, 0.15) is 20.3 Å². The molecule has 0 bridgehead atoms. The zero-order chi connectivity index (χ0) is 12.8. The van der Waals surface area contributed by atoms with E-state index in [0.29, 0.717) is 0 Å². The fourth-order valence-corrected chi connectivity index (χ4v) is 0.768. The van der Waals surface area contributed by atoms with Crippen molar-refractivity contribution in [2.75, 3.05) is 19.8 Å². The molecule has 3 N–H and O–H groups in total. The first-order valence-electron chi connectivity index (χ1n) is 4.80. The molecule has 0 rings (SSSR count). The molecule has 0 radical (unpaired) electrons. The van der Waals surface area contributed by atoms with Crippen molar-refractivity contribution in [1.82, 2.24) is 5.32 Å². The van der Waals surface area contributed by atoms with Crippen LogP contribution in [-0.2, 0) is 9.53 Å². The summed E-state index contributed by atoms with van der Waals surface area (Å²) in [5, 5.41) is 2.50. The van der Waals surface area contributed by atoms with Crippen molar-refractivity contribution in [1.29, 1.82) is 0 Å². The molecule has 7 heteroatoms. The van der Waals surface area contributed by atoms with Crippen LogP contribution in [0.3, 0.4) is 0 Å². The Morgan fingerprint density at radius 2 is 1.94 bits per heavy atom. The van der Waals surface area contributed by atoms with E-state index >= 15 is 0 Å². The molecule has 0 aromatic heterocycles. The van der Waals surface area contributed by atoms with Gasteiger partial charge in [0.05, 0.1) is 6.61 Å². The second-order valence-electron chi connectivity index (χ2n) is 4.18. The third kappa shape index (κ3) is 11.3. The van der Waals surface area contributed by atoms with Crippen molar-refractivity contribution in [3.8, 4) is 0 Å². The van der Waals surface area contributed by atoms with Crippen LogP contribution in [-0.4, -0.2) is 37.4 Å². The summed E-state index contributed by atoms with van der Waals surface area (Å²) in [6.07, 6.45) is -4.46. The van der Waals surface area contributed by atoms with E-state index in [1.54, 1.807) is 13.8 Å². The van der Waals surface area contributed by atoms with Gasteiger partial charge in [-0.25, -0.2) is 0 Å². The van der Waals surface area contributed by atoms with Crippen molar-refractivity contribution < 1.29 is 22.7 Å². The fraction of sp³-hybridized carbons (Fsp3) is 0.889. The Hall–Kier alpha value is -0.820. The number of hydrogen-bond acceptors (Lipinski definition) is 3. The van der Waals surface area contributed by atoms with Crippen LogP contribution in [0.15, 0.2) is 0 Å². The Morgan fingerprint density at radius 1 is 1.38 bits per heavy atom. The number of nitrogens with one attached hydrogen (secondary N) is 1. The van der Waals surface area contributed by atoms with Gasteiger partial charge in [0, 0.05) is 18.5 Å². The molecule has 0 heterocycles. The summed E-state index contributed by atoms with van der Waals surface area (Å²) in [5.74, 6) is -0.374. The molecule has 0 saturated heterocycles. The van der Waals surface area contributed by atoms with Crippen LogP contribution in [0, 0.1) is 0 Å². The average molecular weight is 242 g/mol. The second-order valence-corrected chi connectivity index (χ2v) is 4.18. The monoisotopic (exact) mass is 242 g/mol. The number of amides is 1. The summed E-state index contributed by atoms with van der Waals surface area (Å²) in [6.45, 7) is 2.14. The quantitative estimate of drug-likeness (QED) is 0.677. The summed E-state index contributed by atoms with van der Waals surface area (Å²) in [7, 11) is 0. The Morgan fingerprint density at radius 3 is 2.38 bits per heavy atom. The van der Waals surface area contributed by atoms with Gasteiger partial charge in [0.2, 0.25) is 5.91 Å². The number of alkyl halides is 3. The van der Waals surface area contributed by atoms with Crippen LogP contribution in [0.5, 0.6) is 0 Å². The van der Waals surface area contributed by atoms with E-state index in [1.807, 2.05) is 0 Å². The summed E-state index contributed by atoms with van der Waals surface area (Å²) >= 11 is 0. The average Bonchev–Trinajstić information content (AvgIpc) is 2.06. The molecule has 0 aliphatic carbocycles. The highest BCUT2D eigenvalue weighted by Crippen LogP contribution is 2.14. The van der Waals surface area contributed by atoms with Gasteiger partial charge in [-0.05, 0) is 13.8 Å². The largest absolute Gasteiger partial charge is 0.411 e. The van der Waals surface area contributed by atoms with Gasteiger partial charge in [-0.15, -0.1) is 0 Å². The molecule has 0 aromatic carbocycles. The van der Waals surface area contributed by atoms with Gasteiger partial charge in [-0.1, -0.05) is 0 Å². The second kappa shape index (κ2) is 6.05. The van der Waals surface area contributed by atoms with E-state index in [9.17, 15) is 18.0 Å². The Labute approximate surface area is 92.3 Å². The lowest BCUT2D eigenvalue weighted by molar-refractivity contribution is -0.174. The van der Waals surface area contributed by atoms with E-state index in [4.69, 9.17) is 5.73 Å². The Bertz CT molecular complexity index is 224. The molecule has 0 unspecified atom stereocenters. The molecule has 0 aliphatic heterocycles. The fourth-order valence-electron chi connectivity index (χ4n) is 0.768. The number of rotatable bonds is 6. The van der Waals surface area contributed by atoms with Gasteiger partial charge in [0.15, 0.2) is 0 Å². The maximum Gasteiger partial charge on any atom is 0.411 e. The lowest BCUT2D eigenvalue weighted by Gasteiger charge is -2.18. The standard InChI is InChI=1S/C9H17F3N2O2/c1-8(2,13)5-14-7(15)3-4-16-6-9(10,11)12/h3-6,13H2,1-2H3,(H,14,15). The normalized spacial score (nSPS) is 12.6. The van der Waals surface area contributed by atoms with Gasteiger partial charge in [0.25, 0.3) is 0 Å². The predicted octanol–water partition coefficient (Wildman–Crippen LogP) is 0.809. The van der Waals surface area contributed by atoms with Crippen molar-refractivity contribution in [2.24, 2.45) is 5.73 Å². The molecule has 16 heavy (non-hydrogen) atoms. The highest BCUT2D eigenvalue weighted by molar-refractivity contribution is 5.76. The van der Waals surface area contributed by atoms with Crippen LogP contribution < -0.4 is 11.1 Å². The first kappa shape index (κ1) is 15.2. The maximum absolute atomic E-state index is 11.6. The van der Waals surface area contributed by atoms with E-state index in [1.165, 1.54) is 0 Å². The third-order valence-electron chi connectivity index (χ3n) is 1.48. The third-order valence-corrected chi connectivity index (χ3v) is 1.48. The van der Waals surface area contributed by atoms with E-state index < -0.39 is 18.3 Å². The topological polar surface area (TPSA) is 64.3 Å². The van der Waals surface area contributed by atoms with Gasteiger partial charge in [-0.3, -0.25) is 4.79 Å². The van der Waals surface area contributed by atoms with Crippen LogP contribution in [0.25, 0.3) is 0 Å². The highest BCUT2D eigenvalue weighted by Gasteiger charge is 2.27. The maximum atomic E-state index is 11.6. The lowest BCUT2D eigenvalue weighted by atomic mass is 10.1. The zero-order valence-corrected chi connectivity index (χ0v) is 9.36. The summed E-state index contributed by atoms with van der Waals surface area (Å²) < 4.78 is 39.2. The molecule has 96 valence electrons. The Kier molecular flexibility index (Phi) is 5.74. The first-order valence-corrected chi connectivity index (χ1v) is 4.80. The number of halogens is 3. The number of carbonyl (C=O) groups is 1. The van der Waals surface area contributed by atoms with E-state index in [-0.39, 0.29) is 25.5 Å². The SMILES string of the molecule is CC(C)(N)CNC(=O)CCOCC(F)(F)F.